The Balaban J connectivity index is 1.58. The van der Waals surface area contributed by atoms with Crippen molar-refractivity contribution in [1.82, 2.24) is 14.8 Å². The average molecular weight is 369 g/mol. The molecular formula is C22H32N4O. The van der Waals surface area contributed by atoms with E-state index in [1.165, 1.54) is 24.8 Å². The number of amides is 1. The lowest BCUT2D eigenvalue weighted by Crippen LogP contribution is -2.15. The highest BCUT2D eigenvalue weighted by atomic mass is 16.1. The summed E-state index contributed by atoms with van der Waals surface area (Å²) in [5.41, 5.74) is 3.19. The molecule has 0 saturated heterocycles. The number of aromatic nitrogens is 3. The Kier molecular flexibility index (Phi) is 6.30. The molecule has 1 aromatic carbocycles. The SMILES string of the molecule is Cc1ccc(NC(=O)CCc2nnc(CCCC(C)C)n2C2CC2)c(C)c1. The molecule has 3 rings (SSSR count). The van der Waals surface area contributed by atoms with E-state index in [-0.39, 0.29) is 5.91 Å². The summed E-state index contributed by atoms with van der Waals surface area (Å²) < 4.78 is 2.31. The van der Waals surface area contributed by atoms with Gasteiger partial charge < -0.3 is 9.88 Å². The van der Waals surface area contributed by atoms with Crippen molar-refractivity contribution >= 4 is 11.6 Å². The topological polar surface area (TPSA) is 59.8 Å². The Hall–Kier alpha value is -2.17. The van der Waals surface area contributed by atoms with E-state index >= 15 is 0 Å². The van der Waals surface area contributed by atoms with Gasteiger partial charge >= 0.3 is 0 Å². The first kappa shape index (κ1) is 19.6. The first-order valence-electron chi connectivity index (χ1n) is 10.2. The van der Waals surface area contributed by atoms with Gasteiger partial charge in [0.2, 0.25) is 5.91 Å². The molecule has 0 spiro atoms. The summed E-state index contributed by atoms with van der Waals surface area (Å²) in [7, 11) is 0. The first-order chi connectivity index (χ1) is 12.9. The van der Waals surface area contributed by atoms with Crippen molar-refractivity contribution < 1.29 is 4.79 Å². The van der Waals surface area contributed by atoms with Gasteiger partial charge in [0.15, 0.2) is 0 Å². The molecule has 1 N–H and O–H groups in total. The molecule has 5 heteroatoms. The number of carbonyl (C=O) groups excluding carboxylic acids is 1. The second kappa shape index (κ2) is 8.68. The molecule has 0 bridgehead atoms. The maximum atomic E-state index is 12.4. The Morgan fingerprint density at radius 2 is 1.89 bits per heavy atom. The standard InChI is InChI=1S/C22H32N4O/c1-15(2)6-5-7-20-24-25-21(26(20)18-9-10-18)12-13-22(27)23-19-11-8-16(3)14-17(19)4/h8,11,14-15,18H,5-7,9-10,12-13H2,1-4H3,(H,23,27). The molecule has 1 aliphatic carbocycles. The van der Waals surface area contributed by atoms with Crippen LogP contribution < -0.4 is 5.32 Å². The highest BCUT2D eigenvalue weighted by Crippen LogP contribution is 2.37. The minimum Gasteiger partial charge on any atom is -0.326 e. The monoisotopic (exact) mass is 368 g/mol. The number of nitrogens with zero attached hydrogens (tertiary/aromatic N) is 3. The van der Waals surface area contributed by atoms with Gasteiger partial charge in [-0.25, -0.2) is 0 Å². The minimum atomic E-state index is 0.0358. The fourth-order valence-electron chi connectivity index (χ4n) is 3.52. The second-order valence-corrected chi connectivity index (χ2v) is 8.29. The van der Waals surface area contributed by atoms with E-state index in [1.807, 2.05) is 19.1 Å². The molecule has 0 aliphatic heterocycles. The number of carbonyl (C=O) groups is 1. The third-order valence-electron chi connectivity index (χ3n) is 5.16. The van der Waals surface area contributed by atoms with Gasteiger partial charge in [-0.15, -0.1) is 10.2 Å². The smallest absolute Gasteiger partial charge is 0.224 e. The number of benzene rings is 1. The zero-order valence-electron chi connectivity index (χ0n) is 17.1. The zero-order chi connectivity index (χ0) is 19.4. The molecule has 2 aromatic rings. The molecular weight excluding hydrogens is 336 g/mol. The molecule has 1 amide bonds. The molecule has 1 fully saturated rings. The number of aryl methyl sites for hydroxylation is 4. The van der Waals surface area contributed by atoms with Crippen molar-refractivity contribution in [3.63, 3.8) is 0 Å². The molecule has 5 nitrogen and oxygen atoms in total. The van der Waals surface area contributed by atoms with Crippen molar-refractivity contribution in [2.24, 2.45) is 5.92 Å². The number of hydrogen-bond donors (Lipinski definition) is 1. The van der Waals surface area contributed by atoms with Gasteiger partial charge in [0.05, 0.1) is 0 Å². The van der Waals surface area contributed by atoms with E-state index in [1.54, 1.807) is 0 Å². The third-order valence-corrected chi connectivity index (χ3v) is 5.16. The lowest BCUT2D eigenvalue weighted by atomic mass is 10.1. The summed E-state index contributed by atoms with van der Waals surface area (Å²) in [6.07, 6.45) is 6.83. The fourth-order valence-corrected chi connectivity index (χ4v) is 3.52. The van der Waals surface area contributed by atoms with E-state index in [4.69, 9.17) is 0 Å². The van der Waals surface area contributed by atoms with Gasteiger partial charge in [0.25, 0.3) is 0 Å². The lowest BCUT2D eigenvalue weighted by Gasteiger charge is -2.11. The molecule has 0 radical (unpaired) electrons. The van der Waals surface area contributed by atoms with Crippen LogP contribution in [-0.2, 0) is 17.6 Å². The van der Waals surface area contributed by atoms with Crippen molar-refractivity contribution in [2.45, 2.75) is 78.7 Å². The maximum absolute atomic E-state index is 12.4. The maximum Gasteiger partial charge on any atom is 0.224 e. The van der Waals surface area contributed by atoms with Crippen LogP contribution in [0.4, 0.5) is 5.69 Å². The number of nitrogens with one attached hydrogen (secondary N) is 1. The van der Waals surface area contributed by atoms with Gasteiger partial charge in [-0.1, -0.05) is 38.0 Å². The average Bonchev–Trinajstić information content (AvgIpc) is 3.36. The Morgan fingerprint density at radius 3 is 2.52 bits per heavy atom. The Labute approximate surface area is 162 Å². The van der Waals surface area contributed by atoms with Crippen LogP contribution in [0, 0.1) is 19.8 Å². The summed E-state index contributed by atoms with van der Waals surface area (Å²) in [6, 6.07) is 6.63. The van der Waals surface area contributed by atoms with E-state index in [0.29, 0.717) is 18.9 Å². The zero-order valence-corrected chi connectivity index (χ0v) is 17.1. The molecule has 1 saturated carbocycles. The second-order valence-electron chi connectivity index (χ2n) is 8.29. The van der Waals surface area contributed by atoms with Crippen molar-refractivity contribution in [3.8, 4) is 0 Å². The van der Waals surface area contributed by atoms with Crippen molar-refractivity contribution in [3.05, 3.63) is 41.0 Å². The third kappa shape index (κ3) is 5.41. The van der Waals surface area contributed by atoms with Crippen LogP contribution in [0.3, 0.4) is 0 Å². The summed E-state index contributed by atoms with van der Waals surface area (Å²) >= 11 is 0. The molecule has 1 heterocycles. The van der Waals surface area contributed by atoms with Crippen molar-refractivity contribution in [2.75, 3.05) is 5.32 Å². The van der Waals surface area contributed by atoms with Crippen LogP contribution in [0.2, 0.25) is 0 Å². The van der Waals surface area contributed by atoms with Crippen LogP contribution in [-0.4, -0.2) is 20.7 Å². The fraction of sp³-hybridized carbons (Fsp3) is 0.591. The van der Waals surface area contributed by atoms with Gasteiger partial charge in [-0.3, -0.25) is 4.79 Å². The molecule has 0 atom stereocenters. The quantitative estimate of drug-likeness (QED) is 0.693. The Bertz CT molecular complexity index is 790. The normalized spacial score (nSPS) is 14.0. The van der Waals surface area contributed by atoms with E-state index in [0.717, 1.165) is 41.7 Å². The van der Waals surface area contributed by atoms with Crippen LogP contribution >= 0.6 is 0 Å². The van der Waals surface area contributed by atoms with E-state index in [2.05, 4.69) is 46.9 Å². The Morgan fingerprint density at radius 1 is 1.19 bits per heavy atom. The van der Waals surface area contributed by atoms with Gasteiger partial charge in [-0.05, 0) is 50.7 Å². The van der Waals surface area contributed by atoms with Crippen molar-refractivity contribution in [1.29, 1.82) is 0 Å². The summed E-state index contributed by atoms with van der Waals surface area (Å²) in [6.45, 7) is 8.59. The predicted octanol–water partition coefficient (Wildman–Crippen LogP) is 4.78. The van der Waals surface area contributed by atoms with E-state index in [9.17, 15) is 4.79 Å². The molecule has 0 unspecified atom stereocenters. The lowest BCUT2D eigenvalue weighted by molar-refractivity contribution is -0.116. The number of anilines is 1. The highest BCUT2D eigenvalue weighted by Gasteiger charge is 2.29. The van der Waals surface area contributed by atoms with Gasteiger partial charge in [-0.2, -0.15) is 0 Å². The van der Waals surface area contributed by atoms with Crippen LogP contribution in [0.5, 0.6) is 0 Å². The molecule has 1 aromatic heterocycles. The molecule has 146 valence electrons. The largest absolute Gasteiger partial charge is 0.326 e. The molecule has 27 heavy (non-hydrogen) atoms. The summed E-state index contributed by atoms with van der Waals surface area (Å²) in [5.74, 6) is 2.82. The van der Waals surface area contributed by atoms with Crippen LogP contribution in [0.25, 0.3) is 0 Å². The van der Waals surface area contributed by atoms with Gasteiger partial charge in [0.1, 0.15) is 11.6 Å². The number of hydrogen-bond acceptors (Lipinski definition) is 3. The van der Waals surface area contributed by atoms with Crippen LogP contribution in [0.1, 0.15) is 74.8 Å². The minimum absolute atomic E-state index is 0.0358. The summed E-state index contributed by atoms with van der Waals surface area (Å²) in [5, 5.41) is 11.9. The first-order valence-corrected chi connectivity index (χ1v) is 10.2. The summed E-state index contributed by atoms with van der Waals surface area (Å²) in [4.78, 5) is 12.4. The van der Waals surface area contributed by atoms with Gasteiger partial charge in [0, 0.05) is 31.0 Å². The highest BCUT2D eigenvalue weighted by molar-refractivity contribution is 5.91. The van der Waals surface area contributed by atoms with Crippen LogP contribution in [0.15, 0.2) is 18.2 Å². The number of rotatable bonds is 9. The predicted molar refractivity (Wildman–Crippen MR) is 109 cm³/mol. The molecule has 1 aliphatic rings. The van der Waals surface area contributed by atoms with E-state index < -0.39 is 0 Å².